The third kappa shape index (κ3) is 3.20. The monoisotopic (exact) mass is 251 g/mol. The standard InChI is InChI=1S/C13H18FN3O/c14-11-2-1-3-12(8-11)16-13(18)17-7-5-10(9-17)4-6-15/h1-3,8,10H,4-7,9,15H2,(H,16,18). The molecule has 1 atom stereocenters. The largest absolute Gasteiger partial charge is 0.330 e. The number of likely N-dealkylation sites (tertiary alicyclic amines) is 1. The summed E-state index contributed by atoms with van der Waals surface area (Å²) in [6.07, 6.45) is 1.94. The molecular weight excluding hydrogens is 233 g/mol. The number of hydrogen-bond acceptors (Lipinski definition) is 2. The van der Waals surface area contributed by atoms with Crippen molar-refractivity contribution in [3.05, 3.63) is 30.1 Å². The summed E-state index contributed by atoms with van der Waals surface area (Å²) in [5.74, 6) is 0.142. The highest BCUT2D eigenvalue weighted by Crippen LogP contribution is 2.20. The molecule has 0 spiro atoms. The lowest BCUT2D eigenvalue weighted by Gasteiger charge is -2.17. The van der Waals surface area contributed by atoms with Gasteiger partial charge in [-0.1, -0.05) is 6.07 Å². The second-order valence-electron chi connectivity index (χ2n) is 4.62. The van der Waals surface area contributed by atoms with Crippen molar-refractivity contribution in [3.8, 4) is 0 Å². The zero-order chi connectivity index (χ0) is 13.0. The van der Waals surface area contributed by atoms with Crippen molar-refractivity contribution >= 4 is 11.7 Å². The minimum absolute atomic E-state index is 0.167. The summed E-state index contributed by atoms with van der Waals surface area (Å²) in [6, 6.07) is 5.74. The number of carbonyl (C=O) groups is 1. The Labute approximate surface area is 106 Å². The molecule has 2 amide bonds. The van der Waals surface area contributed by atoms with Crippen LogP contribution in [0, 0.1) is 11.7 Å². The van der Waals surface area contributed by atoms with Crippen molar-refractivity contribution in [2.75, 3.05) is 25.0 Å². The quantitative estimate of drug-likeness (QED) is 0.863. The number of halogens is 1. The Morgan fingerprint density at radius 1 is 1.56 bits per heavy atom. The highest BCUT2D eigenvalue weighted by Gasteiger charge is 2.25. The number of benzene rings is 1. The van der Waals surface area contributed by atoms with Crippen LogP contribution in [0.2, 0.25) is 0 Å². The molecule has 98 valence electrons. The first-order chi connectivity index (χ1) is 8.69. The molecule has 4 nitrogen and oxygen atoms in total. The van der Waals surface area contributed by atoms with E-state index in [1.165, 1.54) is 12.1 Å². The summed E-state index contributed by atoms with van der Waals surface area (Å²) in [6.45, 7) is 2.13. The van der Waals surface area contributed by atoms with Crippen LogP contribution >= 0.6 is 0 Å². The topological polar surface area (TPSA) is 58.4 Å². The molecule has 1 aliphatic heterocycles. The third-order valence-electron chi connectivity index (χ3n) is 3.22. The molecule has 1 aromatic carbocycles. The number of nitrogens with one attached hydrogen (secondary N) is 1. The second kappa shape index (κ2) is 5.82. The smallest absolute Gasteiger partial charge is 0.321 e. The van der Waals surface area contributed by atoms with E-state index in [9.17, 15) is 9.18 Å². The van der Waals surface area contributed by atoms with Gasteiger partial charge in [0.25, 0.3) is 0 Å². The van der Waals surface area contributed by atoms with Gasteiger partial charge in [0.1, 0.15) is 5.82 Å². The molecule has 1 heterocycles. The molecule has 0 saturated carbocycles. The van der Waals surface area contributed by atoms with Gasteiger partial charge in [-0.3, -0.25) is 0 Å². The van der Waals surface area contributed by atoms with Crippen LogP contribution in [0.15, 0.2) is 24.3 Å². The van der Waals surface area contributed by atoms with Crippen molar-refractivity contribution in [2.45, 2.75) is 12.8 Å². The van der Waals surface area contributed by atoms with E-state index in [1.54, 1.807) is 17.0 Å². The molecule has 5 heteroatoms. The summed E-state index contributed by atoms with van der Waals surface area (Å²) in [5.41, 5.74) is 6.00. The van der Waals surface area contributed by atoms with E-state index in [-0.39, 0.29) is 11.8 Å². The second-order valence-corrected chi connectivity index (χ2v) is 4.62. The zero-order valence-corrected chi connectivity index (χ0v) is 10.2. The van der Waals surface area contributed by atoms with Gasteiger partial charge in [0, 0.05) is 18.8 Å². The maximum atomic E-state index is 13.0. The van der Waals surface area contributed by atoms with E-state index < -0.39 is 0 Å². The normalized spacial score (nSPS) is 19.0. The van der Waals surface area contributed by atoms with Crippen LogP contribution in [-0.4, -0.2) is 30.6 Å². The van der Waals surface area contributed by atoms with Gasteiger partial charge in [0.2, 0.25) is 0 Å². The summed E-state index contributed by atoms with van der Waals surface area (Å²) in [4.78, 5) is 13.7. The van der Waals surface area contributed by atoms with Crippen LogP contribution in [0.3, 0.4) is 0 Å². The van der Waals surface area contributed by atoms with E-state index in [2.05, 4.69) is 5.32 Å². The van der Waals surface area contributed by atoms with Crippen molar-refractivity contribution in [1.82, 2.24) is 4.90 Å². The third-order valence-corrected chi connectivity index (χ3v) is 3.22. The predicted octanol–water partition coefficient (Wildman–Crippen LogP) is 2.03. The zero-order valence-electron chi connectivity index (χ0n) is 10.2. The van der Waals surface area contributed by atoms with E-state index in [0.29, 0.717) is 18.2 Å². The summed E-state index contributed by atoms with van der Waals surface area (Å²) in [5, 5.41) is 2.70. The fourth-order valence-corrected chi connectivity index (χ4v) is 2.26. The summed E-state index contributed by atoms with van der Waals surface area (Å²) in [7, 11) is 0. The van der Waals surface area contributed by atoms with Crippen LogP contribution < -0.4 is 11.1 Å². The Morgan fingerprint density at radius 2 is 2.39 bits per heavy atom. The Balaban J connectivity index is 1.89. The van der Waals surface area contributed by atoms with E-state index in [1.807, 2.05) is 0 Å². The first-order valence-electron chi connectivity index (χ1n) is 6.20. The van der Waals surface area contributed by atoms with Crippen molar-refractivity contribution in [2.24, 2.45) is 11.7 Å². The Hall–Kier alpha value is -1.62. The van der Waals surface area contributed by atoms with Crippen LogP contribution in [0.25, 0.3) is 0 Å². The van der Waals surface area contributed by atoms with Gasteiger partial charge < -0.3 is 16.0 Å². The Morgan fingerprint density at radius 3 is 3.11 bits per heavy atom. The van der Waals surface area contributed by atoms with Crippen molar-refractivity contribution in [1.29, 1.82) is 0 Å². The van der Waals surface area contributed by atoms with Gasteiger partial charge in [-0.05, 0) is 43.5 Å². The Bertz CT molecular complexity index is 424. The fourth-order valence-electron chi connectivity index (χ4n) is 2.26. The predicted molar refractivity (Wildman–Crippen MR) is 68.8 cm³/mol. The SMILES string of the molecule is NCCC1CCN(C(=O)Nc2cccc(F)c2)C1. The van der Waals surface area contributed by atoms with Crippen molar-refractivity contribution in [3.63, 3.8) is 0 Å². The van der Waals surface area contributed by atoms with E-state index in [0.717, 1.165) is 25.9 Å². The van der Waals surface area contributed by atoms with Crippen molar-refractivity contribution < 1.29 is 9.18 Å². The van der Waals surface area contributed by atoms with Crippen LogP contribution in [-0.2, 0) is 0 Å². The minimum Gasteiger partial charge on any atom is -0.330 e. The number of hydrogen-bond donors (Lipinski definition) is 2. The maximum absolute atomic E-state index is 13.0. The van der Waals surface area contributed by atoms with Crippen LogP contribution in [0.4, 0.5) is 14.9 Å². The number of amides is 2. The average molecular weight is 251 g/mol. The number of nitrogens with zero attached hydrogens (tertiary/aromatic N) is 1. The lowest BCUT2D eigenvalue weighted by molar-refractivity contribution is 0.220. The number of carbonyl (C=O) groups excluding carboxylic acids is 1. The van der Waals surface area contributed by atoms with Gasteiger partial charge in [0.05, 0.1) is 0 Å². The van der Waals surface area contributed by atoms with E-state index >= 15 is 0 Å². The first-order valence-corrected chi connectivity index (χ1v) is 6.20. The highest BCUT2D eigenvalue weighted by atomic mass is 19.1. The molecule has 1 aliphatic rings. The molecule has 1 saturated heterocycles. The molecular formula is C13H18FN3O. The number of nitrogens with two attached hydrogens (primary N) is 1. The minimum atomic E-state index is -0.352. The molecule has 1 unspecified atom stereocenters. The molecule has 18 heavy (non-hydrogen) atoms. The number of rotatable bonds is 3. The summed E-state index contributed by atoms with van der Waals surface area (Å²) < 4.78 is 13.0. The maximum Gasteiger partial charge on any atom is 0.321 e. The van der Waals surface area contributed by atoms with Gasteiger partial charge in [-0.15, -0.1) is 0 Å². The van der Waals surface area contributed by atoms with Gasteiger partial charge in [-0.2, -0.15) is 0 Å². The lowest BCUT2D eigenvalue weighted by atomic mass is 10.1. The molecule has 3 N–H and O–H groups in total. The van der Waals surface area contributed by atoms with Gasteiger partial charge in [0.15, 0.2) is 0 Å². The molecule has 2 rings (SSSR count). The van der Waals surface area contributed by atoms with Gasteiger partial charge in [-0.25, -0.2) is 9.18 Å². The lowest BCUT2D eigenvalue weighted by Crippen LogP contribution is -2.33. The highest BCUT2D eigenvalue weighted by molar-refractivity contribution is 5.89. The molecule has 0 aliphatic carbocycles. The van der Waals surface area contributed by atoms with Gasteiger partial charge >= 0.3 is 6.03 Å². The first kappa shape index (κ1) is 12.8. The molecule has 1 aromatic rings. The molecule has 0 aromatic heterocycles. The Kier molecular flexibility index (Phi) is 4.15. The summed E-state index contributed by atoms with van der Waals surface area (Å²) >= 11 is 0. The number of anilines is 1. The number of urea groups is 1. The fraction of sp³-hybridized carbons (Fsp3) is 0.462. The average Bonchev–Trinajstić information content (AvgIpc) is 2.78. The van der Waals surface area contributed by atoms with Crippen LogP contribution in [0.1, 0.15) is 12.8 Å². The van der Waals surface area contributed by atoms with Crippen LogP contribution in [0.5, 0.6) is 0 Å². The molecule has 1 fully saturated rings. The van der Waals surface area contributed by atoms with E-state index in [4.69, 9.17) is 5.73 Å². The molecule has 0 radical (unpaired) electrons. The molecule has 0 bridgehead atoms.